The highest BCUT2D eigenvalue weighted by atomic mass is 28.3. The molecule has 0 aromatic rings. The van der Waals surface area contributed by atoms with Crippen molar-refractivity contribution in [2.24, 2.45) is 0 Å². The molecule has 1 nitrogen and oxygen atoms in total. The first-order chi connectivity index (χ1) is 6.54. The molecule has 2 heteroatoms. The van der Waals surface area contributed by atoms with Gasteiger partial charge in [0.25, 0.3) is 0 Å². The highest BCUT2D eigenvalue weighted by Crippen LogP contribution is 2.36. The zero-order valence-corrected chi connectivity index (χ0v) is 11.1. The van der Waals surface area contributed by atoms with E-state index in [9.17, 15) is 0 Å². The molecule has 14 heavy (non-hydrogen) atoms. The second-order valence-electron chi connectivity index (χ2n) is 4.69. The van der Waals surface area contributed by atoms with Crippen molar-refractivity contribution in [3.63, 3.8) is 0 Å². The van der Waals surface area contributed by atoms with Crippen LogP contribution >= 0.6 is 0 Å². The van der Waals surface area contributed by atoms with Gasteiger partial charge < -0.3 is 4.74 Å². The smallest absolute Gasteiger partial charge is 0.106 e. The van der Waals surface area contributed by atoms with Crippen molar-refractivity contribution in [2.45, 2.75) is 57.8 Å². The number of rotatable bonds is 1. The third kappa shape index (κ3) is 5.34. The molecule has 82 valence electrons. The molecule has 0 aliphatic carbocycles. The topological polar surface area (TPSA) is 9.23 Å². The van der Waals surface area contributed by atoms with Gasteiger partial charge in [-0.3, -0.25) is 0 Å². The van der Waals surface area contributed by atoms with Gasteiger partial charge in [0.1, 0.15) is 6.11 Å². The average Bonchev–Trinajstić information content (AvgIpc) is 2.13. The Balaban J connectivity index is 0.000000292. The summed E-state index contributed by atoms with van der Waals surface area (Å²) in [6, 6.07) is 1.58. The van der Waals surface area contributed by atoms with Crippen LogP contribution in [-0.2, 0) is 4.74 Å². The molecule has 0 aromatic heterocycles. The van der Waals surface area contributed by atoms with Gasteiger partial charge in [0.05, 0.1) is 14.7 Å². The van der Waals surface area contributed by atoms with Crippen LogP contribution < -0.4 is 0 Å². The zero-order valence-electron chi connectivity index (χ0n) is 10.1. The summed E-state index contributed by atoms with van der Waals surface area (Å²) in [7, 11) is -0.694. The van der Waals surface area contributed by atoms with E-state index in [1.165, 1.54) is 19.3 Å². The molecule has 1 rings (SSSR count). The lowest BCUT2D eigenvalue weighted by atomic mass is 10.2. The van der Waals surface area contributed by atoms with Crippen LogP contribution in [-0.4, -0.2) is 14.7 Å². The lowest BCUT2D eigenvalue weighted by Gasteiger charge is -2.34. The Morgan fingerprint density at radius 2 is 2.07 bits per heavy atom. The summed E-state index contributed by atoms with van der Waals surface area (Å²) >= 11 is 0. The normalized spacial score (nSPS) is 24.1. The van der Waals surface area contributed by atoms with E-state index >= 15 is 0 Å². The minimum Gasteiger partial charge on any atom is -0.447 e. The Labute approximate surface area is 90.2 Å². The second kappa shape index (κ2) is 6.95. The van der Waals surface area contributed by atoms with Gasteiger partial charge in [-0.1, -0.05) is 51.7 Å². The highest BCUT2D eigenvalue weighted by Gasteiger charge is 2.30. The first kappa shape index (κ1) is 13.6. The van der Waals surface area contributed by atoms with Gasteiger partial charge in [-0.2, -0.15) is 0 Å². The van der Waals surface area contributed by atoms with Gasteiger partial charge in [-0.15, -0.1) is 0 Å². The van der Waals surface area contributed by atoms with E-state index in [2.05, 4.69) is 31.2 Å². The summed E-state index contributed by atoms with van der Waals surface area (Å²) in [6.07, 6.45) is 11.2. The van der Waals surface area contributed by atoms with E-state index < -0.39 is 8.07 Å². The monoisotopic (exact) mass is 212 g/mol. The summed E-state index contributed by atoms with van der Waals surface area (Å²) in [5.74, 6) is 0. The first-order valence-electron chi connectivity index (χ1n) is 5.62. The molecule has 0 saturated carbocycles. The molecule has 0 N–H and O–H groups in total. The van der Waals surface area contributed by atoms with Crippen LogP contribution in [0.5, 0.6) is 0 Å². The van der Waals surface area contributed by atoms with Gasteiger partial charge in [-0.05, 0) is 12.5 Å². The molecule has 1 atom stereocenters. The highest BCUT2D eigenvalue weighted by molar-refractivity contribution is 6.78. The second-order valence-corrected chi connectivity index (χ2v) is 10.1. The van der Waals surface area contributed by atoms with Crippen molar-refractivity contribution >= 4 is 8.07 Å². The van der Waals surface area contributed by atoms with Crippen molar-refractivity contribution in [3.8, 4) is 12.5 Å². The maximum Gasteiger partial charge on any atom is 0.106 e. The average molecular weight is 212 g/mol. The fourth-order valence-corrected chi connectivity index (χ4v) is 4.39. The van der Waals surface area contributed by atoms with Crippen LogP contribution in [0.2, 0.25) is 24.7 Å². The Morgan fingerprint density at radius 3 is 2.29 bits per heavy atom. The Morgan fingerprint density at radius 1 is 1.43 bits per heavy atom. The minimum absolute atomic E-state index is 0.608. The van der Waals surface area contributed by atoms with Crippen LogP contribution in [0.15, 0.2) is 0 Å². The van der Waals surface area contributed by atoms with Crippen LogP contribution in [0.3, 0.4) is 0 Å². The summed E-state index contributed by atoms with van der Waals surface area (Å²) < 4.78 is 4.36. The summed E-state index contributed by atoms with van der Waals surface area (Å²) in [4.78, 5) is 0. The van der Waals surface area contributed by atoms with Crippen molar-refractivity contribution < 1.29 is 4.74 Å². The predicted molar refractivity (Wildman–Crippen MR) is 66.0 cm³/mol. The van der Waals surface area contributed by atoms with Crippen LogP contribution in [0.25, 0.3) is 0 Å². The van der Waals surface area contributed by atoms with Crippen LogP contribution in [0, 0.1) is 12.5 Å². The van der Waals surface area contributed by atoms with Gasteiger partial charge in [0.15, 0.2) is 0 Å². The first-order valence-corrected chi connectivity index (χ1v) is 8.90. The molecule has 1 aliphatic rings. The van der Waals surface area contributed by atoms with E-state index in [1.807, 2.05) is 13.0 Å². The molecule has 0 spiro atoms. The standard InChI is InChI=1S/C8H18Si.C4H6O/c1-8-6-4-5-7-9(8,2)3;1-3-5-4-2/h8H,4-7H2,1-3H3;1H,4H2,2H3. The largest absolute Gasteiger partial charge is 0.447 e. The third-order valence-corrected chi connectivity index (χ3v) is 7.87. The molecule has 0 aromatic carbocycles. The maximum atomic E-state index is 4.67. The van der Waals surface area contributed by atoms with Gasteiger partial charge in [0, 0.05) is 0 Å². The van der Waals surface area contributed by atoms with E-state index in [4.69, 9.17) is 0 Å². The number of hydrogen-bond donors (Lipinski definition) is 0. The number of ether oxygens (including phenoxy) is 1. The third-order valence-electron chi connectivity index (χ3n) is 3.27. The van der Waals surface area contributed by atoms with Crippen molar-refractivity contribution in [3.05, 3.63) is 0 Å². The van der Waals surface area contributed by atoms with Gasteiger partial charge in [0.2, 0.25) is 0 Å². The Kier molecular flexibility index (Phi) is 6.74. The van der Waals surface area contributed by atoms with Crippen molar-refractivity contribution in [1.82, 2.24) is 0 Å². The molecule has 1 saturated heterocycles. The Hall–Kier alpha value is -0.423. The predicted octanol–water partition coefficient (Wildman–Crippen LogP) is 3.88. The van der Waals surface area contributed by atoms with Crippen molar-refractivity contribution in [2.75, 3.05) is 6.61 Å². The van der Waals surface area contributed by atoms with E-state index in [0.717, 1.165) is 5.54 Å². The lowest BCUT2D eigenvalue weighted by molar-refractivity contribution is 0.300. The van der Waals surface area contributed by atoms with E-state index in [0.29, 0.717) is 6.61 Å². The molecular weight excluding hydrogens is 188 g/mol. The fraction of sp³-hybridized carbons (Fsp3) is 0.833. The summed E-state index contributed by atoms with van der Waals surface area (Å²) in [5.41, 5.74) is 1.09. The lowest BCUT2D eigenvalue weighted by Crippen LogP contribution is -2.33. The fourth-order valence-electron chi connectivity index (χ4n) is 1.75. The molecular formula is C12H24OSi. The molecule has 1 aliphatic heterocycles. The van der Waals surface area contributed by atoms with Crippen LogP contribution in [0.1, 0.15) is 33.1 Å². The number of terminal acetylenes is 1. The molecule has 0 radical (unpaired) electrons. The van der Waals surface area contributed by atoms with E-state index in [1.54, 1.807) is 6.04 Å². The quantitative estimate of drug-likeness (QED) is 0.473. The van der Waals surface area contributed by atoms with Gasteiger partial charge >= 0.3 is 0 Å². The van der Waals surface area contributed by atoms with E-state index in [-0.39, 0.29) is 0 Å². The molecule has 0 amide bonds. The van der Waals surface area contributed by atoms with Gasteiger partial charge in [-0.25, -0.2) is 0 Å². The number of hydrogen-bond acceptors (Lipinski definition) is 1. The summed E-state index contributed by atoms with van der Waals surface area (Å²) in [5, 5.41) is 0. The maximum absolute atomic E-state index is 4.67. The molecule has 1 fully saturated rings. The molecule has 0 bridgehead atoms. The SMILES string of the molecule is C#COCC.CC1CCCC[Si]1(C)C. The minimum atomic E-state index is -0.694. The molecule has 1 unspecified atom stereocenters. The Bertz CT molecular complexity index is 181. The summed E-state index contributed by atoms with van der Waals surface area (Å²) in [6.45, 7) is 9.98. The van der Waals surface area contributed by atoms with Crippen LogP contribution in [0.4, 0.5) is 0 Å². The van der Waals surface area contributed by atoms with Crippen molar-refractivity contribution in [1.29, 1.82) is 0 Å². The zero-order chi connectivity index (χ0) is 11.0. The molecule has 1 heterocycles.